The summed E-state index contributed by atoms with van der Waals surface area (Å²) in [6.07, 6.45) is 3.98. The Labute approximate surface area is 170 Å². The molecule has 0 fully saturated rings. The highest BCUT2D eigenvalue weighted by Crippen LogP contribution is 2.28. The van der Waals surface area contributed by atoms with Crippen LogP contribution in [0.15, 0.2) is 48.9 Å². The number of hydrogen-bond donors (Lipinski definition) is 0. The predicted octanol–water partition coefficient (Wildman–Crippen LogP) is 4.73. The van der Waals surface area contributed by atoms with E-state index >= 15 is 0 Å². The van der Waals surface area contributed by atoms with E-state index in [-0.39, 0.29) is 5.91 Å². The smallest absolute Gasteiger partial charge is 0.255 e. The van der Waals surface area contributed by atoms with Crippen LogP contribution in [0.4, 0.5) is 0 Å². The first-order valence-corrected chi connectivity index (χ1v) is 9.81. The van der Waals surface area contributed by atoms with Gasteiger partial charge in [0.1, 0.15) is 6.33 Å². The molecule has 0 unspecified atom stereocenters. The Morgan fingerprint density at radius 1 is 1.07 bits per heavy atom. The van der Waals surface area contributed by atoms with Gasteiger partial charge in [-0.25, -0.2) is 9.97 Å². The highest BCUT2D eigenvalue weighted by molar-refractivity contribution is 6.34. The maximum Gasteiger partial charge on any atom is 0.255 e. The number of amides is 1. The van der Waals surface area contributed by atoms with E-state index in [0.29, 0.717) is 30.1 Å². The summed E-state index contributed by atoms with van der Waals surface area (Å²) in [5, 5.41) is 0.514. The molecular formula is C22H23ClN4O. The molecule has 0 radical (unpaired) electrons. The molecule has 28 heavy (non-hydrogen) atoms. The molecular weight excluding hydrogens is 372 g/mol. The number of hydrogen-bond acceptors (Lipinski definition) is 4. The van der Waals surface area contributed by atoms with E-state index in [2.05, 4.69) is 15.0 Å². The lowest BCUT2D eigenvalue weighted by Crippen LogP contribution is -2.37. The van der Waals surface area contributed by atoms with Crippen LogP contribution in [0.5, 0.6) is 0 Å². The minimum atomic E-state index is -0.0673. The Kier molecular flexibility index (Phi) is 6.37. The van der Waals surface area contributed by atoms with Crippen LogP contribution in [0.2, 0.25) is 5.02 Å². The number of nitrogens with zero attached hydrogens (tertiary/aromatic N) is 4. The molecule has 1 amide bonds. The van der Waals surface area contributed by atoms with Crippen molar-refractivity contribution in [3.63, 3.8) is 0 Å². The molecule has 3 heterocycles. The summed E-state index contributed by atoms with van der Waals surface area (Å²) in [5.41, 5.74) is 5.03. The van der Waals surface area contributed by atoms with Crippen LogP contribution in [-0.2, 0) is 13.0 Å². The van der Waals surface area contributed by atoms with Gasteiger partial charge in [0.05, 0.1) is 34.2 Å². The molecule has 6 heteroatoms. The monoisotopic (exact) mass is 394 g/mol. The van der Waals surface area contributed by atoms with E-state index in [1.807, 2.05) is 51.1 Å². The zero-order valence-electron chi connectivity index (χ0n) is 16.3. The van der Waals surface area contributed by atoms with Crippen LogP contribution < -0.4 is 0 Å². The van der Waals surface area contributed by atoms with E-state index in [9.17, 15) is 4.79 Å². The molecule has 144 valence electrons. The normalized spacial score (nSPS) is 12.6. The largest absolute Gasteiger partial charge is 0.332 e. The van der Waals surface area contributed by atoms with Crippen LogP contribution in [0, 0.1) is 6.92 Å². The van der Waals surface area contributed by atoms with Gasteiger partial charge in [0.25, 0.3) is 5.91 Å². The summed E-state index contributed by atoms with van der Waals surface area (Å²) in [5.74, 6) is -0.0673. The van der Waals surface area contributed by atoms with Gasteiger partial charge in [0.2, 0.25) is 0 Å². The molecule has 5 nitrogen and oxygen atoms in total. The molecule has 0 bridgehead atoms. The van der Waals surface area contributed by atoms with Crippen LogP contribution in [0.25, 0.3) is 11.4 Å². The quantitative estimate of drug-likeness (QED) is 0.630. The molecule has 3 aromatic rings. The van der Waals surface area contributed by atoms with Gasteiger partial charge >= 0.3 is 0 Å². The van der Waals surface area contributed by atoms with Crippen LogP contribution in [-0.4, -0.2) is 32.3 Å². The number of rotatable bonds is 2. The molecule has 0 spiro atoms. The molecule has 4 rings (SSSR count). The molecule has 0 saturated heterocycles. The van der Waals surface area contributed by atoms with Crippen LogP contribution >= 0.6 is 11.6 Å². The van der Waals surface area contributed by atoms with Gasteiger partial charge in [-0.05, 0) is 37.1 Å². The highest BCUT2D eigenvalue weighted by atomic mass is 35.5. The minimum absolute atomic E-state index is 0.0673. The second-order valence-corrected chi connectivity index (χ2v) is 6.65. The number of halogens is 1. The van der Waals surface area contributed by atoms with Gasteiger partial charge in [-0.2, -0.15) is 0 Å². The molecule has 2 aromatic heterocycles. The second-order valence-electron chi connectivity index (χ2n) is 6.28. The van der Waals surface area contributed by atoms with Crippen molar-refractivity contribution in [2.45, 2.75) is 33.7 Å². The lowest BCUT2D eigenvalue weighted by atomic mass is 10.00. The summed E-state index contributed by atoms with van der Waals surface area (Å²) < 4.78 is 0. The van der Waals surface area contributed by atoms with Gasteiger partial charge in [-0.1, -0.05) is 43.6 Å². The topological polar surface area (TPSA) is 59.0 Å². The highest BCUT2D eigenvalue weighted by Gasteiger charge is 2.26. The average molecular weight is 395 g/mol. The van der Waals surface area contributed by atoms with E-state index < -0.39 is 0 Å². The summed E-state index contributed by atoms with van der Waals surface area (Å²) in [7, 11) is 0. The first-order valence-electron chi connectivity index (χ1n) is 9.43. The zero-order chi connectivity index (χ0) is 20.1. The molecule has 0 atom stereocenters. The van der Waals surface area contributed by atoms with Crippen molar-refractivity contribution < 1.29 is 4.79 Å². The van der Waals surface area contributed by atoms with Gasteiger partial charge in [-0.15, -0.1) is 0 Å². The number of carbonyl (C=O) groups is 1. The fraction of sp³-hybridized carbons (Fsp3) is 0.273. The lowest BCUT2D eigenvalue weighted by molar-refractivity contribution is 0.0732. The standard InChI is InChI=1S/C20H17ClN4O.C2H6/c1-13-5-4-6-15(18(13)21)20(26)25-10-8-14-17(11-25)23-12-24-19(14)16-7-2-3-9-22-16;1-2/h2-7,9,12H,8,10-11H2,1H3;1-2H3. The van der Waals surface area contributed by atoms with Gasteiger partial charge in [0.15, 0.2) is 0 Å². The Morgan fingerprint density at radius 2 is 1.89 bits per heavy atom. The number of aromatic nitrogens is 3. The third kappa shape index (κ3) is 3.90. The lowest BCUT2D eigenvalue weighted by Gasteiger charge is -2.29. The predicted molar refractivity (Wildman–Crippen MR) is 111 cm³/mol. The average Bonchev–Trinajstić information content (AvgIpc) is 2.76. The van der Waals surface area contributed by atoms with E-state index in [4.69, 9.17) is 11.6 Å². The Hall–Kier alpha value is -2.79. The summed E-state index contributed by atoms with van der Waals surface area (Å²) in [6.45, 7) is 6.95. The summed E-state index contributed by atoms with van der Waals surface area (Å²) in [4.78, 5) is 27.9. The van der Waals surface area contributed by atoms with E-state index in [1.165, 1.54) is 6.33 Å². The summed E-state index contributed by atoms with van der Waals surface area (Å²) >= 11 is 6.33. The van der Waals surface area contributed by atoms with Crippen molar-refractivity contribution in [1.29, 1.82) is 0 Å². The minimum Gasteiger partial charge on any atom is -0.332 e. The first kappa shape index (κ1) is 20.0. The Bertz CT molecular complexity index is 976. The molecule has 0 saturated carbocycles. The van der Waals surface area contributed by atoms with E-state index in [1.54, 1.807) is 17.2 Å². The van der Waals surface area contributed by atoms with Crippen molar-refractivity contribution in [2.24, 2.45) is 0 Å². The second kappa shape index (κ2) is 8.93. The van der Waals surface area contributed by atoms with Crippen LogP contribution in [0.1, 0.15) is 41.0 Å². The summed E-state index contributed by atoms with van der Waals surface area (Å²) in [6, 6.07) is 11.3. The van der Waals surface area contributed by atoms with Crippen LogP contribution in [0.3, 0.4) is 0 Å². The molecule has 1 aromatic carbocycles. The van der Waals surface area contributed by atoms with E-state index in [0.717, 1.165) is 28.2 Å². The zero-order valence-corrected chi connectivity index (χ0v) is 17.1. The number of pyridine rings is 1. The van der Waals surface area contributed by atoms with Crippen molar-refractivity contribution in [3.05, 3.63) is 76.3 Å². The van der Waals surface area contributed by atoms with Crippen molar-refractivity contribution in [2.75, 3.05) is 6.54 Å². The number of fused-ring (bicyclic) bond motifs is 1. The number of aryl methyl sites for hydroxylation is 1. The molecule has 0 aliphatic carbocycles. The number of carbonyl (C=O) groups excluding carboxylic acids is 1. The fourth-order valence-corrected chi connectivity index (χ4v) is 3.44. The SMILES string of the molecule is CC.Cc1cccc(C(=O)N2CCc3c(ncnc3-c3ccccn3)C2)c1Cl. The Balaban J connectivity index is 0.00000109. The molecule has 1 aliphatic rings. The van der Waals surface area contributed by atoms with Gasteiger partial charge < -0.3 is 4.90 Å². The maximum atomic E-state index is 12.9. The van der Waals surface area contributed by atoms with Crippen molar-refractivity contribution >= 4 is 17.5 Å². The molecule has 0 N–H and O–H groups in total. The number of benzene rings is 1. The van der Waals surface area contributed by atoms with Crippen molar-refractivity contribution in [1.82, 2.24) is 19.9 Å². The fourth-order valence-electron chi connectivity index (χ4n) is 3.23. The van der Waals surface area contributed by atoms with Crippen molar-refractivity contribution in [3.8, 4) is 11.4 Å². The van der Waals surface area contributed by atoms with Gasteiger partial charge in [0, 0.05) is 18.3 Å². The molecule has 1 aliphatic heterocycles. The Morgan fingerprint density at radius 3 is 2.64 bits per heavy atom. The first-order chi connectivity index (χ1) is 13.6. The van der Waals surface area contributed by atoms with Gasteiger partial charge in [-0.3, -0.25) is 9.78 Å². The third-order valence-electron chi connectivity index (χ3n) is 4.62. The third-order valence-corrected chi connectivity index (χ3v) is 5.13. The maximum absolute atomic E-state index is 12.9.